The Bertz CT molecular complexity index is 681. The van der Waals surface area contributed by atoms with E-state index in [0.29, 0.717) is 30.5 Å². The number of carbonyl (C=O) groups excluding carboxylic acids is 1. The van der Waals surface area contributed by atoms with Crippen molar-refractivity contribution in [2.75, 3.05) is 13.1 Å². The molecule has 1 N–H and O–H groups in total. The first-order valence-electron chi connectivity index (χ1n) is 8.62. The van der Waals surface area contributed by atoms with E-state index in [9.17, 15) is 9.90 Å². The third-order valence-electron chi connectivity index (χ3n) is 5.23. The fourth-order valence-electron chi connectivity index (χ4n) is 3.58. The lowest BCUT2D eigenvalue weighted by atomic mass is 9.81. The number of hydrogen-bond donors (Lipinski definition) is 1. The van der Waals surface area contributed by atoms with Gasteiger partial charge >= 0.3 is 0 Å². The van der Waals surface area contributed by atoms with Gasteiger partial charge in [0, 0.05) is 19.0 Å². The highest BCUT2D eigenvalue weighted by Crippen LogP contribution is 2.34. The maximum absolute atomic E-state index is 13.0. The number of aliphatic hydroxyl groups is 1. The number of carbonyl (C=O) groups is 1. The summed E-state index contributed by atoms with van der Waals surface area (Å²) < 4.78 is 0. The molecule has 1 saturated heterocycles. The fraction of sp³-hybridized carbons (Fsp3) is 0.381. The minimum Gasteiger partial charge on any atom is -0.376 e. The molecule has 1 aliphatic heterocycles. The lowest BCUT2D eigenvalue weighted by Gasteiger charge is -2.40. The molecule has 2 aromatic carbocycles. The van der Waals surface area contributed by atoms with Crippen LogP contribution in [-0.2, 0) is 10.4 Å². The highest BCUT2D eigenvalue weighted by Gasteiger charge is 2.39. The molecule has 0 radical (unpaired) electrons. The highest BCUT2D eigenvalue weighted by molar-refractivity contribution is 5.86. The molecule has 3 heteroatoms. The molecule has 2 unspecified atom stereocenters. The van der Waals surface area contributed by atoms with Crippen molar-refractivity contribution < 1.29 is 9.90 Å². The zero-order valence-electron chi connectivity index (χ0n) is 14.4. The van der Waals surface area contributed by atoms with Gasteiger partial charge in [-0.1, -0.05) is 67.6 Å². The van der Waals surface area contributed by atoms with Crippen LogP contribution in [0.15, 0.2) is 60.7 Å². The van der Waals surface area contributed by atoms with Crippen LogP contribution in [0.2, 0.25) is 0 Å². The van der Waals surface area contributed by atoms with Crippen LogP contribution in [0.5, 0.6) is 0 Å². The van der Waals surface area contributed by atoms with E-state index in [1.807, 2.05) is 41.3 Å². The first-order chi connectivity index (χ1) is 11.5. The second-order valence-electron chi connectivity index (χ2n) is 6.97. The zero-order chi connectivity index (χ0) is 17.2. The largest absolute Gasteiger partial charge is 0.376 e. The molecule has 0 aromatic heterocycles. The third kappa shape index (κ3) is 3.22. The Hall–Kier alpha value is -2.13. The van der Waals surface area contributed by atoms with E-state index in [1.54, 1.807) is 19.1 Å². The molecule has 3 rings (SSSR count). The van der Waals surface area contributed by atoms with Gasteiger partial charge in [-0.2, -0.15) is 0 Å². The van der Waals surface area contributed by atoms with Crippen LogP contribution in [0.25, 0.3) is 0 Å². The summed E-state index contributed by atoms with van der Waals surface area (Å²) in [6.45, 7) is 5.20. The summed E-state index contributed by atoms with van der Waals surface area (Å²) in [5, 5.41) is 10.8. The normalized spacial score (nSPS) is 23.5. The molecular formula is C21H25NO2. The van der Waals surface area contributed by atoms with Crippen molar-refractivity contribution in [3.05, 3.63) is 71.8 Å². The summed E-state index contributed by atoms with van der Waals surface area (Å²) in [4.78, 5) is 14.8. The summed E-state index contributed by atoms with van der Waals surface area (Å²) in [6.07, 6.45) is 0.955. The molecular weight excluding hydrogens is 298 g/mol. The second-order valence-corrected chi connectivity index (χ2v) is 6.97. The molecule has 0 saturated carbocycles. The summed E-state index contributed by atoms with van der Waals surface area (Å²) in [5.74, 6) is 0.634. The average Bonchev–Trinajstić information content (AvgIpc) is 2.63. The Labute approximate surface area is 143 Å². The molecule has 0 aliphatic carbocycles. The molecule has 2 aromatic rings. The molecule has 0 spiro atoms. The van der Waals surface area contributed by atoms with Crippen molar-refractivity contribution in [1.29, 1.82) is 0 Å². The van der Waals surface area contributed by atoms with Gasteiger partial charge in [-0.25, -0.2) is 0 Å². The second kappa shape index (κ2) is 6.78. The molecule has 1 aliphatic rings. The van der Waals surface area contributed by atoms with E-state index < -0.39 is 5.60 Å². The molecule has 24 heavy (non-hydrogen) atoms. The van der Waals surface area contributed by atoms with E-state index in [2.05, 4.69) is 19.1 Å². The minimum atomic E-state index is -1.48. The van der Waals surface area contributed by atoms with Gasteiger partial charge in [0.05, 0.1) is 0 Å². The van der Waals surface area contributed by atoms with Crippen LogP contribution in [-0.4, -0.2) is 29.0 Å². The molecule has 1 fully saturated rings. The Morgan fingerprint density at radius 2 is 1.67 bits per heavy atom. The standard InChI is InChI=1S/C21H25NO2/c1-16-13-14-22(15-19(16)17-9-5-3-6-10-17)20(23)21(2,24)18-11-7-4-8-12-18/h3-12,16,19,24H,13-15H2,1-2H3/t16?,19?,21-/m0/s1. The van der Waals surface area contributed by atoms with Gasteiger partial charge in [-0.05, 0) is 30.4 Å². The van der Waals surface area contributed by atoms with Crippen molar-refractivity contribution in [2.45, 2.75) is 31.8 Å². The highest BCUT2D eigenvalue weighted by atomic mass is 16.3. The maximum atomic E-state index is 13.0. The number of rotatable bonds is 3. The SMILES string of the molecule is CC1CCN(C(=O)[C@@](C)(O)c2ccccc2)CC1c1ccccc1. The number of amides is 1. The first-order valence-corrected chi connectivity index (χ1v) is 8.62. The average molecular weight is 323 g/mol. The Morgan fingerprint density at radius 1 is 1.08 bits per heavy atom. The monoisotopic (exact) mass is 323 g/mol. The maximum Gasteiger partial charge on any atom is 0.258 e. The first kappa shape index (κ1) is 16.7. The number of nitrogens with zero attached hydrogens (tertiary/aromatic N) is 1. The number of hydrogen-bond acceptors (Lipinski definition) is 2. The predicted octanol–water partition coefficient (Wildman–Crippen LogP) is 3.55. The summed E-state index contributed by atoms with van der Waals surface area (Å²) in [6, 6.07) is 19.6. The van der Waals surface area contributed by atoms with Gasteiger partial charge in [0.25, 0.3) is 5.91 Å². The van der Waals surface area contributed by atoms with Crippen LogP contribution in [0.4, 0.5) is 0 Å². The summed E-state index contributed by atoms with van der Waals surface area (Å²) in [5.41, 5.74) is 0.426. The van der Waals surface area contributed by atoms with Crippen LogP contribution >= 0.6 is 0 Å². The van der Waals surface area contributed by atoms with Crippen LogP contribution in [0, 0.1) is 5.92 Å². The Morgan fingerprint density at radius 3 is 2.29 bits per heavy atom. The smallest absolute Gasteiger partial charge is 0.258 e. The summed E-state index contributed by atoms with van der Waals surface area (Å²) >= 11 is 0. The fourth-order valence-corrected chi connectivity index (χ4v) is 3.58. The summed E-state index contributed by atoms with van der Waals surface area (Å²) in [7, 11) is 0. The van der Waals surface area contributed by atoms with E-state index >= 15 is 0 Å². The van der Waals surface area contributed by atoms with Crippen LogP contribution in [0.1, 0.15) is 37.3 Å². The van der Waals surface area contributed by atoms with Gasteiger partial charge in [-0.15, -0.1) is 0 Å². The number of likely N-dealkylation sites (tertiary alicyclic amines) is 1. The van der Waals surface area contributed by atoms with Gasteiger partial charge in [0.1, 0.15) is 0 Å². The minimum absolute atomic E-state index is 0.207. The molecule has 1 heterocycles. The van der Waals surface area contributed by atoms with Crippen molar-refractivity contribution in [1.82, 2.24) is 4.90 Å². The topological polar surface area (TPSA) is 40.5 Å². The molecule has 3 atom stereocenters. The number of benzene rings is 2. The molecule has 126 valence electrons. The van der Waals surface area contributed by atoms with Gasteiger partial charge in [0.2, 0.25) is 0 Å². The van der Waals surface area contributed by atoms with Gasteiger partial charge in [-0.3, -0.25) is 4.79 Å². The number of piperidine rings is 1. The van der Waals surface area contributed by atoms with Crippen LogP contribution < -0.4 is 0 Å². The van der Waals surface area contributed by atoms with Crippen molar-refractivity contribution in [3.63, 3.8) is 0 Å². The lowest BCUT2D eigenvalue weighted by Crippen LogP contribution is -2.50. The Balaban J connectivity index is 1.81. The van der Waals surface area contributed by atoms with E-state index in [4.69, 9.17) is 0 Å². The molecule has 1 amide bonds. The van der Waals surface area contributed by atoms with E-state index in [0.717, 1.165) is 6.42 Å². The van der Waals surface area contributed by atoms with Gasteiger partial charge < -0.3 is 10.0 Å². The van der Waals surface area contributed by atoms with Crippen molar-refractivity contribution in [3.8, 4) is 0 Å². The van der Waals surface area contributed by atoms with Crippen molar-refractivity contribution >= 4 is 5.91 Å². The quantitative estimate of drug-likeness (QED) is 0.938. The van der Waals surface area contributed by atoms with E-state index in [-0.39, 0.29) is 5.91 Å². The van der Waals surface area contributed by atoms with Crippen LogP contribution in [0.3, 0.4) is 0 Å². The lowest BCUT2D eigenvalue weighted by molar-refractivity contribution is -0.152. The predicted molar refractivity (Wildman–Crippen MR) is 95.6 cm³/mol. The van der Waals surface area contributed by atoms with Gasteiger partial charge in [0.15, 0.2) is 5.60 Å². The Kier molecular flexibility index (Phi) is 4.72. The molecule has 0 bridgehead atoms. The van der Waals surface area contributed by atoms with Crippen molar-refractivity contribution in [2.24, 2.45) is 5.92 Å². The van der Waals surface area contributed by atoms with E-state index in [1.165, 1.54) is 5.56 Å². The third-order valence-corrected chi connectivity index (χ3v) is 5.23. The molecule has 3 nitrogen and oxygen atoms in total. The zero-order valence-corrected chi connectivity index (χ0v) is 14.4.